The van der Waals surface area contributed by atoms with E-state index in [0.29, 0.717) is 11.3 Å². The molecule has 5 nitrogen and oxygen atoms in total. The number of rotatable bonds is 3. The quantitative estimate of drug-likeness (QED) is 0.778. The first-order valence-electron chi connectivity index (χ1n) is 5.15. The molecule has 0 fully saturated rings. The number of hydrogen-bond acceptors (Lipinski definition) is 5. The first kappa shape index (κ1) is 13.6. The van der Waals surface area contributed by atoms with Gasteiger partial charge in [0, 0.05) is 18.6 Å². The van der Waals surface area contributed by atoms with Crippen molar-refractivity contribution in [2.45, 2.75) is 32.4 Å². The minimum absolute atomic E-state index is 0.537. The Labute approximate surface area is 104 Å². The third kappa shape index (κ3) is 3.81. The number of aromatic nitrogens is 1. The molecule has 1 unspecified atom stereocenters. The standard InChI is InChI=1S/C11H16N2O3S/c1-11(2,3)16-10(15)13(4)8(7-14)9-12-5-6-17-9/h5-8H,1-4H3. The van der Waals surface area contributed by atoms with Gasteiger partial charge in [-0.1, -0.05) is 0 Å². The van der Waals surface area contributed by atoms with Gasteiger partial charge in [0.25, 0.3) is 0 Å². The van der Waals surface area contributed by atoms with Crippen molar-refractivity contribution in [3.8, 4) is 0 Å². The summed E-state index contributed by atoms with van der Waals surface area (Å²) in [6.07, 6.45) is 1.74. The Balaban J connectivity index is 2.77. The molecule has 1 aromatic rings. The lowest BCUT2D eigenvalue weighted by atomic mass is 10.2. The molecule has 0 aliphatic heterocycles. The van der Waals surface area contributed by atoms with Crippen molar-refractivity contribution >= 4 is 23.7 Å². The van der Waals surface area contributed by atoms with Crippen molar-refractivity contribution in [3.05, 3.63) is 16.6 Å². The fourth-order valence-electron chi connectivity index (χ4n) is 1.14. The van der Waals surface area contributed by atoms with Gasteiger partial charge in [-0.25, -0.2) is 9.78 Å². The van der Waals surface area contributed by atoms with E-state index in [-0.39, 0.29) is 0 Å². The predicted molar refractivity (Wildman–Crippen MR) is 64.9 cm³/mol. The monoisotopic (exact) mass is 256 g/mol. The molecule has 0 N–H and O–H groups in total. The van der Waals surface area contributed by atoms with Crippen LogP contribution in [0.25, 0.3) is 0 Å². The number of hydrogen-bond donors (Lipinski definition) is 0. The highest BCUT2D eigenvalue weighted by Crippen LogP contribution is 2.21. The van der Waals surface area contributed by atoms with Crippen molar-refractivity contribution in [3.63, 3.8) is 0 Å². The second kappa shape index (κ2) is 5.27. The minimum atomic E-state index is -0.690. The molecule has 0 saturated carbocycles. The van der Waals surface area contributed by atoms with E-state index in [1.165, 1.54) is 23.3 Å². The van der Waals surface area contributed by atoms with Crippen molar-refractivity contribution in [2.24, 2.45) is 0 Å². The molecule has 6 heteroatoms. The zero-order valence-corrected chi connectivity index (χ0v) is 11.2. The summed E-state index contributed by atoms with van der Waals surface area (Å²) in [4.78, 5) is 28.1. The second-order valence-corrected chi connectivity index (χ2v) is 5.47. The second-order valence-electron chi connectivity index (χ2n) is 4.54. The summed E-state index contributed by atoms with van der Waals surface area (Å²) in [6, 6.07) is -0.690. The van der Waals surface area contributed by atoms with Crippen LogP contribution >= 0.6 is 11.3 Å². The average Bonchev–Trinajstić information content (AvgIpc) is 2.69. The summed E-state index contributed by atoms with van der Waals surface area (Å²) in [5, 5.41) is 2.34. The Morgan fingerprint density at radius 2 is 2.24 bits per heavy atom. The van der Waals surface area contributed by atoms with Gasteiger partial charge in [-0.05, 0) is 20.8 Å². The molecule has 17 heavy (non-hydrogen) atoms. The molecule has 1 aromatic heterocycles. The minimum Gasteiger partial charge on any atom is -0.444 e. The van der Waals surface area contributed by atoms with Gasteiger partial charge in [0.1, 0.15) is 22.9 Å². The van der Waals surface area contributed by atoms with Crippen LogP contribution < -0.4 is 0 Å². The van der Waals surface area contributed by atoms with E-state index >= 15 is 0 Å². The lowest BCUT2D eigenvalue weighted by Crippen LogP contribution is -2.37. The smallest absolute Gasteiger partial charge is 0.410 e. The maximum absolute atomic E-state index is 11.8. The zero-order valence-electron chi connectivity index (χ0n) is 10.3. The number of amides is 1. The fraction of sp³-hybridized carbons (Fsp3) is 0.545. The molecule has 0 aliphatic carbocycles. The van der Waals surface area contributed by atoms with E-state index < -0.39 is 17.7 Å². The summed E-state index contributed by atoms with van der Waals surface area (Å²) < 4.78 is 5.19. The Bertz CT molecular complexity index is 384. The summed E-state index contributed by atoms with van der Waals surface area (Å²) in [5.41, 5.74) is -0.582. The van der Waals surface area contributed by atoms with Crippen molar-refractivity contribution in [1.82, 2.24) is 9.88 Å². The van der Waals surface area contributed by atoms with Crippen LogP contribution in [0.2, 0.25) is 0 Å². The Hall–Kier alpha value is -1.43. The van der Waals surface area contributed by atoms with Crippen LogP contribution in [0.1, 0.15) is 31.8 Å². The summed E-state index contributed by atoms with van der Waals surface area (Å²) in [5.74, 6) is 0. The van der Waals surface area contributed by atoms with Gasteiger partial charge in [0.2, 0.25) is 0 Å². The Morgan fingerprint density at radius 1 is 1.59 bits per heavy atom. The Morgan fingerprint density at radius 3 is 2.65 bits per heavy atom. The summed E-state index contributed by atoms with van der Waals surface area (Å²) in [6.45, 7) is 5.33. The largest absolute Gasteiger partial charge is 0.444 e. The number of aldehydes is 1. The lowest BCUT2D eigenvalue weighted by Gasteiger charge is -2.27. The SMILES string of the molecule is CN(C(=O)OC(C)(C)C)C(C=O)c1nccs1. The van der Waals surface area contributed by atoms with Gasteiger partial charge >= 0.3 is 6.09 Å². The fourth-order valence-corrected chi connectivity index (χ4v) is 1.88. The van der Waals surface area contributed by atoms with Crippen LogP contribution in [-0.4, -0.2) is 34.9 Å². The normalized spacial score (nSPS) is 12.9. The number of carbonyl (C=O) groups is 2. The molecule has 0 spiro atoms. The van der Waals surface area contributed by atoms with Gasteiger partial charge in [0.15, 0.2) is 0 Å². The van der Waals surface area contributed by atoms with E-state index in [4.69, 9.17) is 4.74 Å². The van der Waals surface area contributed by atoms with E-state index in [2.05, 4.69) is 4.98 Å². The third-order valence-corrected chi connectivity index (χ3v) is 2.78. The van der Waals surface area contributed by atoms with Crippen LogP contribution in [-0.2, 0) is 9.53 Å². The molecule has 0 radical (unpaired) electrons. The zero-order chi connectivity index (χ0) is 13.1. The van der Waals surface area contributed by atoms with Crippen LogP contribution in [0.5, 0.6) is 0 Å². The van der Waals surface area contributed by atoms with E-state index in [0.717, 1.165) is 0 Å². The maximum atomic E-state index is 11.8. The molecular formula is C11H16N2O3S. The molecule has 1 amide bonds. The molecule has 0 aliphatic rings. The van der Waals surface area contributed by atoms with E-state index in [1.807, 2.05) is 0 Å². The lowest BCUT2D eigenvalue weighted by molar-refractivity contribution is -0.112. The first-order chi connectivity index (χ1) is 7.85. The van der Waals surface area contributed by atoms with Gasteiger partial charge in [0.05, 0.1) is 0 Å². The van der Waals surface area contributed by atoms with Crippen LogP contribution in [0, 0.1) is 0 Å². The van der Waals surface area contributed by atoms with Crippen LogP contribution in [0.15, 0.2) is 11.6 Å². The molecule has 0 aromatic carbocycles. The van der Waals surface area contributed by atoms with Crippen LogP contribution in [0.4, 0.5) is 4.79 Å². The van der Waals surface area contributed by atoms with Gasteiger partial charge in [-0.3, -0.25) is 4.90 Å². The number of ether oxygens (including phenoxy) is 1. The number of nitrogens with zero attached hydrogens (tertiary/aromatic N) is 2. The molecule has 1 heterocycles. The molecule has 94 valence electrons. The molecular weight excluding hydrogens is 240 g/mol. The highest BCUT2D eigenvalue weighted by Gasteiger charge is 2.27. The molecule has 1 atom stereocenters. The van der Waals surface area contributed by atoms with Crippen molar-refractivity contribution < 1.29 is 14.3 Å². The topological polar surface area (TPSA) is 59.5 Å². The first-order valence-corrected chi connectivity index (χ1v) is 6.03. The average molecular weight is 256 g/mol. The molecule has 0 saturated heterocycles. The molecule has 1 rings (SSSR count). The number of carbonyl (C=O) groups excluding carboxylic acids is 2. The van der Waals surface area contributed by atoms with Crippen LogP contribution in [0.3, 0.4) is 0 Å². The summed E-state index contributed by atoms with van der Waals surface area (Å²) in [7, 11) is 1.52. The third-order valence-electron chi connectivity index (χ3n) is 1.93. The predicted octanol–water partition coefficient (Wildman–Crippen LogP) is 2.25. The van der Waals surface area contributed by atoms with Gasteiger partial charge in [-0.15, -0.1) is 11.3 Å². The highest BCUT2D eigenvalue weighted by atomic mass is 32.1. The summed E-state index contributed by atoms with van der Waals surface area (Å²) >= 11 is 1.33. The van der Waals surface area contributed by atoms with E-state index in [1.54, 1.807) is 32.3 Å². The number of thiazole rings is 1. The highest BCUT2D eigenvalue weighted by molar-refractivity contribution is 7.09. The van der Waals surface area contributed by atoms with Gasteiger partial charge < -0.3 is 9.53 Å². The van der Waals surface area contributed by atoms with Gasteiger partial charge in [-0.2, -0.15) is 0 Å². The Kier molecular flexibility index (Phi) is 4.22. The molecule has 0 bridgehead atoms. The van der Waals surface area contributed by atoms with Crippen molar-refractivity contribution in [1.29, 1.82) is 0 Å². The maximum Gasteiger partial charge on any atom is 0.410 e. The van der Waals surface area contributed by atoms with Crippen molar-refractivity contribution in [2.75, 3.05) is 7.05 Å². The number of likely N-dealkylation sites (N-methyl/N-ethyl adjacent to an activating group) is 1. The van der Waals surface area contributed by atoms with E-state index in [9.17, 15) is 9.59 Å².